The molecule has 0 aliphatic carbocycles. The molecule has 0 saturated carbocycles. The summed E-state index contributed by atoms with van der Waals surface area (Å²) in [6.45, 7) is 2.99. The van der Waals surface area contributed by atoms with Crippen molar-refractivity contribution in [3.8, 4) is 0 Å². The highest BCUT2D eigenvalue weighted by Crippen LogP contribution is 2.28. The van der Waals surface area contributed by atoms with Crippen molar-refractivity contribution in [3.63, 3.8) is 0 Å². The van der Waals surface area contributed by atoms with Crippen LogP contribution in [-0.2, 0) is 4.74 Å². The summed E-state index contributed by atoms with van der Waals surface area (Å²) >= 11 is 6.17. The van der Waals surface area contributed by atoms with Gasteiger partial charge in [-0.1, -0.05) is 29.8 Å². The lowest BCUT2D eigenvalue weighted by molar-refractivity contribution is 0.122. The van der Waals surface area contributed by atoms with Gasteiger partial charge in [-0.15, -0.1) is 0 Å². The summed E-state index contributed by atoms with van der Waals surface area (Å²) < 4.78 is 5.42. The minimum Gasteiger partial charge on any atom is -0.378 e. The quantitative estimate of drug-likeness (QED) is 0.784. The lowest BCUT2D eigenvalue weighted by atomic mass is 10.2. The van der Waals surface area contributed by atoms with Crippen LogP contribution < -0.4 is 10.2 Å². The molecule has 2 heterocycles. The zero-order valence-corrected chi connectivity index (χ0v) is 13.8. The molecule has 0 amide bonds. The maximum Gasteiger partial charge on any atom is 0.228 e. The van der Waals surface area contributed by atoms with Crippen molar-refractivity contribution in [2.24, 2.45) is 0 Å². The number of aromatic nitrogens is 2. The Labute approximate surface area is 145 Å². The number of hydrogen-bond donors (Lipinski definition) is 1. The van der Waals surface area contributed by atoms with Crippen LogP contribution >= 0.6 is 11.6 Å². The molecule has 1 aromatic heterocycles. The van der Waals surface area contributed by atoms with Crippen molar-refractivity contribution in [2.45, 2.75) is 0 Å². The van der Waals surface area contributed by atoms with E-state index < -0.39 is 0 Å². The van der Waals surface area contributed by atoms with E-state index in [0.29, 0.717) is 24.2 Å². The number of benzene rings is 2. The molecular weight excluding hydrogens is 324 g/mol. The third kappa shape index (κ3) is 3.13. The molecule has 1 N–H and O–H groups in total. The van der Waals surface area contributed by atoms with Gasteiger partial charge in [-0.05, 0) is 30.3 Å². The Balaban J connectivity index is 1.80. The molecule has 5 nitrogen and oxygen atoms in total. The van der Waals surface area contributed by atoms with Crippen molar-refractivity contribution in [1.29, 1.82) is 0 Å². The third-order valence-corrected chi connectivity index (χ3v) is 4.21. The normalized spacial score (nSPS) is 14.8. The van der Waals surface area contributed by atoms with Crippen LogP contribution in [0.3, 0.4) is 0 Å². The molecule has 3 aromatic rings. The van der Waals surface area contributed by atoms with Gasteiger partial charge in [0.25, 0.3) is 0 Å². The summed E-state index contributed by atoms with van der Waals surface area (Å²) in [5, 5.41) is 4.96. The Bertz CT molecular complexity index is 850. The van der Waals surface area contributed by atoms with Gasteiger partial charge in [-0.3, -0.25) is 0 Å². The topological polar surface area (TPSA) is 50.3 Å². The predicted molar refractivity (Wildman–Crippen MR) is 97.3 cm³/mol. The standard InChI is InChI=1S/C18H17ClN4O/c19-13-6-7-16-15(12-13)17(20-14-4-2-1-3-5-14)22-18(21-16)23-8-10-24-11-9-23/h1-7,12H,8-11H2,(H,20,21,22). The van der Waals surface area contributed by atoms with Crippen LogP contribution in [0, 0.1) is 0 Å². The average Bonchev–Trinajstić information content (AvgIpc) is 2.63. The minimum atomic E-state index is 0.668. The first-order valence-electron chi connectivity index (χ1n) is 7.92. The van der Waals surface area contributed by atoms with Gasteiger partial charge < -0.3 is 15.0 Å². The van der Waals surface area contributed by atoms with E-state index in [1.807, 2.05) is 48.5 Å². The number of nitrogens with one attached hydrogen (secondary N) is 1. The molecule has 0 bridgehead atoms. The summed E-state index contributed by atoms with van der Waals surface area (Å²) in [4.78, 5) is 11.6. The van der Waals surface area contributed by atoms with Gasteiger partial charge in [-0.2, -0.15) is 4.98 Å². The van der Waals surface area contributed by atoms with Crippen LogP contribution in [0.1, 0.15) is 0 Å². The van der Waals surface area contributed by atoms with Gasteiger partial charge in [0, 0.05) is 29.2 Å². The summed E-state index contributed by atoms with van der Waals surface area (Å²) in [6.07, 6.45) is 0. The molecule has 6 heteroatoms. The fourth-order valence-electron chi connectivity index (χ4n) is 2.75. The zero-order valence-electron chi connectivity index (χ0n) is 13.1. The lowest BCUT2D eigenvalue weighted by Gasteiger charge is -2.27. The maximum atomic E-state index is 6.17. The highest BCUT2D eigenvalue weighted by atomic mass is 35.5. The maximum absolute atomic E-state index is 6.17. The predicted octanol–water partition coefficient (Wildman–Crippen LogP) is 3.86. The second-order valence-electron chi connectivity index (χ2n) is 5.62. The molecule has 0 radical (unpaired) electrons. The molecule has 1 fully saturated rings. The number of nitrogens with zero attached hydrogens (tertiary/aromatic N) is 3. The number of morpholine rings is 1. The fourth-order valence-corrected chi connectivity index (χ4v) is 2.92. The molecule has 0 atom stereocenters. The zero-order chi connectivity index (χ0) is 16.4. The first-order valence-corrected chi connectivity index (χ1v) is 8.29. The molecule has 122 valence electrons. The van der Waals surface area contributed by atoms with E-state index in [-0.39, 0.29) is 0 Å². The minimum absolute atomic E-state index is 0.668. The lowest BCUT2D eigenvalue weighted by Crippen LogP contribution is -2.37. The number of fused-ring (bicyclic) bond motifs is 1. The number of para-hydroxylation sites is 1. The number of hydrogen-bond acceptors (Lipinski definition) is 5. The van der Waals surface area contributed by atoms with Gasteiger partial charge in [0.2, 0.25) is 5.95 Å². The largest absolute Gasteiger partial charge is 0.378 e. The van der Waals surface area contributed by atoms with Gasteiger partial charge in [-0.25, -0.2) is 4.98 Å². The van der Waals surface area contributed by atoms with Crippen molar-refractivity contribution in [2.75, 3.05) is 36.5 Å². The Hall–Kier alpha value is -2.37. The van der Waals surface area contributed by atoms with Crippen LogP contribution in [0.2, 0.25) is 5.02 Å². The van der Waals surface area contributed by atoms with Crippen molar-refractivity contribution >= 4 is 40.0 Å². The Morgan fingerprint density at radius 3 is 2.58 bits per heavy atom. The van der Waals surface area contributed by atoms with E-state index in [1.165, 1.54) is 0 Å². The third-order valence-electron chi connectivity index (χ3n) is 3.98. The van der Waals surface area contributed by atoms with Crippen molar-refractivity contribution in [1.82, 2.24) is 9.97 Å². The number of ether oxygens (including phenoxy) is 1. The van der Waals surface area contributed by atoms with Crippen LogP contribution in [0.25, 0.3) is 10.9 Å². The van der Waals surface area contributed by atoms with Crippen LogP contribution in [0.15, 0.2) is 48.5 Å². The smallest absolute Gasteiger partial charge is 0.228 e. The van der Waals surface area contributed by atoms with Gasteiger partial charge in [0.1, 0.15) is 5.82 Å². The molecule has 4 rings (SSSR count). The van der Waals surface area contributed by atoms with Crippen LogP contribution in [-0.4, -0.2) is 36.3 Å². The first kappa shape index (κ1) is 15.2. The number of rotatable bonds is 3. The molecule has 1 aliphatic rings. The Morgan fingerprint density at radius 1 is 1.00 bits per heavy atom. The SMILES string of the molecule is Clc1ccc2nc(N3CCOCC3)nc(Nc3ccccc3)c2c1. The van der Waals surface area contributed by atoms with Crippen molar-refractivity contribution < 1.29 is 4.74 Å². The molecule has 0 unspecified atom stereocenters. The van der Waals surface area contributed by atoms with Gasteiger partial charge in [0.15, 0.2) is 0 Å². The van der Waals surface area contributed by atoms with E-state index >= 15 is 0 Å². The van der Waals surface area contributed by atoms with Crippen LogP contribution in [0.4, 0.5) is 17.5 Å². The summed E-state index contributed by atoms with van der Waals surface area (Å²) in [5.41, 5.74) is 1.85. The van der Waals surface area contributed by atoms with E-state index in [2.05, 4.69) is 10.2 Å². The monoisotopic (exact) mass is 340 g/mol. The van der Waals surface area contributed by atoms with Crippen LogP contribution in [0.5, 0.6) is 0 Å². The van der Waals surface area contributed by atoms with E-state index in [0.717, 1.165) is 35.5 Å². The highest BCUT2D eigenvalue weighted by Gasteiger charge is 2.17. The van der Waals surface area contributed by atoms with Gasteiger partial charge >= 0.3 is 0 Å². The molecule has 2 aromatic carbocycles. The molecule has 24 heavy (non-hydrogen) atoms. The molecule has 1 aliphatic heterocycles. The summed E-state index contributed by atoms with van der Waals surface area (Å²) in [6, 6.07) is 15.7. The van der Waals surface area contributed by atoms with E-state index in [9.17, 15) is 0 Å². The molecular formula is C18H17ClN4O. The average molecular weight is 341 g/mol. The first-order chi connectivity index (χ1) is 11.8. The second kappa shape index (κ2) is 6.63. The number of anilines is 3. The van der Waals surface area contributed by atoms with E-state index in [1.54, 1.807) is 0 Å². The molecule has 1 saturated heterocycles. The van der Waals surface area contributed by atoms with Crippen molar-refractivity contribution in [3.05, 3.63) is 53.6 Å². The highest BCUT2D eigenvalue weighted by molar-refractivity contribution is 6.31. The number of halogens is 1. The second-order valence-corrected chi connectivity index (χ2v) is 6.06. The summed E-state index contributed by atoms with van der Waals surface area (Å²) in [5.74, 6) is 1.47. The van der Waals surface area contributed by atoms with E-state index in [4.69, 9.17) is 26.3 Å². The Kier molecular flexibility index (Phi) is 4.19. The fraction of sp³-hybridized carbons (Fsp3) is 0.222. The molecule has 0 spiro atoms. The van der Waals surface area contributed by atoms with Gasteiger partial charge in [0.05, 0.1) is 18.7 Å². The summed E-state index contributed by atoms with van der Waals surface area (Å²) in [7, 11) is 0. The Morgan fingerprint density at radius 2 is 1.79 bits per heavy atom.